The van der Waals surface area contributed by atoms with E-state index < -0.39 is 0 Å². The summed E-state index contributed by atoms with van der Waals surface area (Å²) in [6.07, 6.45) is 7.42. The SMILES string of the molecule is CSc1nc2sc3c(c2c(=O)n1-c1ccc(F)cc1)CCCCC3. The number of rotatable bonds is 2. The lowest BCUT2D eigenvalue weighted by Crippen LogP contribution is -2.21. The van der Waals surface area contributed by atoms with Crippen molar-refractivity contribution >= 4 is 33.3 Å². The number of halogens is 1. The van der Waals surface area contributed by atoms with Crippen molar-refractivity contribution in [3.05, 3.63) is 50.9 Å². The minimum Gasteiger partial charge on any atom is -0.268 e. The maximum Gasteiger partial charge on any atom is 0.267 e. The molecular weight excluding hydrogens is 343 g/mol. The van der Waals surface area contributed by atoms with Crippen molar-refractivity contribution in [2.45, 2.75) is 37.3 Å². The fraction of sp³-hybridized carbons (Fsp3) is 0.333. The standard InChI is InChI=1S/C18H17FN2OS2/c1-23-18-20-16-15(13-5-3-2-4-6-14(13)24-16)17(22)21(18)12-9-7-11(19)8-10-12/h7-10H,2-6H2,1H3. The number of benzene rings is 1. The van der Waals surface area contributed by atoms with Gasteiger partial charge < -0.3 is 0 Å². The average molecular weight is 360 g/mol. The van der Waals surface area contributed by atoms with Gasteiger partial charge in [-0.25, -0.2) is 9.37 Å². The molecule has 0 saturated heterocycles. The summed E-state index contributed by atoms with van der Waals surface area (Å²) in [5, 5.41) is 1.41. The molecule has 1 aromatic carbocycles. The predicted molar refractivity (Wildman–Crippen MR) is 98.2 cm³/mol. The number of hydrogen-bond donors (Lipinski definition) is 0. The molecule has 0 amide bonds. The third kappa shape index (κ3) is 2.58. The van der Waals surface area contributed by atoms with Crippen LogP contribution in [0.4, 0.5) is 4.39 Å². The normalized spacial score (nSPS) is 14.6. The van der Waals surface area contributed by atoms with Crippen LogP contribution in [0, 0.1) is 5.82 Å². The van der Waals surface area contributed by atoms with Gasteiger partial charge in [-0.05, 0) is 61.8 Å². The second kappa shape index (κ2) is 6.33. The number of aryl methyl sites for hydroxylation is 2. The first-order chi connectivity index (χ1) is 11.7. The fourth-order valence-electron chi connectivity index (χ4n) is 3.32. The molecule has 0 radical (unpaired) electrons. The molecule has 2 heterocycles. The molecule has 0 aliphatic heterocycles. The zero-order chi connectivity index (χ0) is 16.7. The first-order valence-corrected chi connectivity index (χ1v) is 10.1. The van der Waals surface area contributed by atoms with Gasteiger partial charge in [0.15, 0.2) is 5.16 Å². The maximum atomic E-state index is 13.3. The third-order valence-corrected chi connectivity index (χ3v) is 6.30. The molecule has 3 aromatic rings. The molecule has 4 rings (SSSR count). The Balaban J connectivity index is 2.02. The van der Waals surface area contributed by atoms with Gasteiger partial charge in [0.05, 0.1) is 11.1 Å². The minimum atomic E-state index is -0.309. The van der Waals surface area contributed by atoms with Crippen LogP contribution in [0.1, 0.15) is 29.7 Å². The van der Waals surface area contributed by atoms with Gasteiger partial charge in [0.1, 0.15) is 10.6 Å². The monoisotopic (exact) mass is 360 g/mol. The maximum absolute atomic E-state index is 13.3. The summed E-state index contributed by atoms with van der Waals surface area (Å²) in [7, 11) is 0. The fourth-order valence-corrected chi connectivity index (χ4v) is 5.18. The molecule has 0 saturated carbocycles. The van der Waals surface area contributed by atoms with Crippen molar-refractivity contribution in [1.29, 1.82) is 0 Å². The summed E-state index contributed by atoms with van der Waals surface area (Å²) in [6.45, 7) is 0. The molecule has 1 aliphatic rings. The van der Waals surface area contributed by atoms with Gasteiger partial charge in [-0.15, -0.1) is 11.3 Å². The van der Waals surface area contributed by atoms with Crippen molar-refractivity contribution in [3.63, 3.8) is 0 Å². The molecule has 2 aromatic heterocycles. The van der Waals surface area contributed by atoms with E-state index >= 15 is 0 Å². The van der Waals surface area contributed by atoms with E-state index in [9.17, 15) is 9.18 Å². The van der Waals surface area contributed by atoms with Crippen molar-refractivity contribution in [3.8, 4) is 5.69 Å². The molecule has 6 heteroatoms. The number of thioether (sulfide) groups is 1. The van der Waals surface area contributed by atoms with Crippen LogP contribution >= 0.6 is 23.1 Å². The van der Waals surface area contributed by atoms with Crippen molar-refractivity contribution < 1.29 is 4.39 Å². The van der Waals surface area contributed by atoms with Gasteiger partial charge >= 0.3 is 0 Å². The summed E-state index contributed by atoms with van der Waals surface area (Å²) < 4.78 is 14.9. The summed E-state index contributed by atoms with van der Waals surface area (Å²) in [5.41, 5.74) is 1.82. The zero-order valence-electron chi connectivity index (χ0n) is 13.3. The van der Waals surface area contributed by atoms with Gasteiger partial charge in [-0.2, -0.15) is 0 Å². The lowest BCUT2D eigenvalue weighted by atomic mass is 10.1. The molecule has 124 valence electrons. The molecule has 0 spiro atoms. The highest BCUT2D eigenvalue weighted by Crippen LogP contribution is 2.34. The van der Waals surface area contributed by atoms with Crippen LogP contribution in [0.15, 0.2) is 34.2 Å². The third-order valence-electron chi connectivity index (χ3n) is 4.48. The van der Waals surface area contributed by atoms with E-state index in [1.165, 1.54) is 47.2 Å². The predicted octanol–water partition coefficient (Wildman–Crippen LogP) is 4.58. The van der Waals surface area contributed by atoms with Crippen LogP contribution in [-0.4, -0.2) is 15.8 Å². The lowest BCUT2D eigenvalue weighted by Gasteiger charge is -2.11. The van der Waals surface area contributed by atoms with Gasteiger partial charge in [0.25, 0.3) is 5.56 Å². The minimum absolute atomic E-state index is 0.0321. The number of aromatic nitrogens is 2. The highest BCUT2D eigenvalue weighted by atomic mass is 32.2. The Morgan fingerprint density at radius 3 is 2.67 bits per heavy atom. The van der Waals surface area contributed by atoms with E-state index in [1.807, 2.05) is 6.26 Å². The summed E-state index contributed by atoms with van der Waals surface area (Å²) in [4.78, 5) is 20.2. The lowest BCUT2D eigenvalue weighted by molar-refractivity contribution is 0.627. The van der Waals surface area contributed by atoms with Crippen LogP contribution in [-0.2, 0) is 12.8 Å². The van der Waals surface area contributed by atoms with E-state index in [2.05, 4.69) is 0 Å². The molecule has 0 bridgehead atoms. The number of nitrogens with zero attached hydrogens (tertiary/aromatic N) is 2. The Morgan fingerprint density at radius 1 is 1.17 bits per heavy atom. The summed E-state index contributed by atoms with van der Waals surface area (Å²) in [5.74, 6) is -0.309. The van der Waals surface area contributed by atoms with E-state index in [1.54, 1.807) is 28.0 Å². The Labute approximate surface area is 147 Å². The quantitative estimate of drug-likeness (QED) is 0.381. The smallest absolute Gasteiger partial charge is 0.267 e. The largest absolute Gasteiger partial charge is 0.268 e. The molecular formula is C18H17FN2OS2. The van der Waals surface area contributed by atoms with Gasteiger partial charge in [-0.3, -0.25) is 9.36 Å². The van der Waals surface area contributed by atoms with Crippen LogP contribution in [0.25, 0.3) is 15.9 Å². The highest BCUT2D eigenvalue weighted by Gasteiger charge is 2.21. The van der Waals surface area contributed by atoms with Crippen molar-refractivity contribution in [2.75, 3.05) is 6.26 Å². The Morgan fingerprint density at radius 2 is 1.92 bits per heavy atom. The van der Waals surface area contributed by atoms with Crippen molar-refractivity contribution in [2.24, 2.45) is 0 Å². The molecule has 0 fully saturated rings. The van der Waals surface area contributed by atoms with Crippen LogP contribution in [0.5, 0.6) is 0 Å². The molecule has 24 heavy (non-hydrogen) atoms. The summed E-state index contributed by atoms with van der Waals surface area (Å²) in [6, 6.07) is 6.03. The van der Waals surface area contributed by atoms with E-state index in [4.69, 9.17) is 4.98 Å². The molecule has 0 N–H and O–H groups in total. The second-order valence-corrected chi connectivity index (χ2v) is 7.82. The molecule has 3 nitrogen and oxygen atoms in total. The topological polar surface area (TPSA) is 34.9 Å². The van der Waals surface area contributed by atoms with Crippen molar-refractivity contribution in [1.82, 2.24) is 9.55 Å². The zero-order valence-corrected chi connectivity index (χ0v) is 15.0. The Kier molecular flexibility index (Phi) is 4.18. The second-order valence-electron chi connectivity index (χ2n) is 5.96. The van der Waals surface area contributed by atoms with E-state index in [0.717, 1.165) is 29.5 Å². The van der Waals surface area contributed by atoms with Crippen LogP contribution in [0.2, 0.25) is 0 Å². The first-order valence-electron chi connectivity index (χ1n) is 8.06. The van der Waals surface area contributed by atoms with E-state index in [-0.39, 0.29) is 11.4 Å². The van der Waals surface area contributed by atoms with E-state index in [0.29, 0.717) is 10.8 Å². The van der Waals surface area contributed by atoms with Gasteiger partial charge in [0, 0.05) is 4.88 Å². The van der Waals surface area contributed by atoms with Gasteiger partial charge in [-0.1, -0.05) is 18.2 Å². The Hall–Kier alpha value is -1.66. The van der Waals surface area contributed by atoms with Crippen LogP contribution < -0.4 is 5.56 Å². The summed E-state index contributed by atoms with van der Waals surface area (Å²) >= 11 is 3.10. The highest BCUT2D eigenvalue weighted by molar-refractivity contribution is 7.98. The van der Waals surface area contributed by atoms with Crippen LogP contribution in [0.3, 0.4) is 0 Å². The molecule has 0 atom stereocenters. The first kappa shape index (κ1) is 15.8. The number of fused-ring (bicyclic) bond motifs is 3. The number of hydrogen-bond acceptors (Lipinski definition) is 4. The van der Waals surface area contributed by atoms with Gasteiger partial charge in [0.2, 0.25) is 0 Å². The average Bonchev–Trinajstić information content (AvgIpc) is 2.77. The molecule has 1 aliphatic carbocycles. The Bertz CT molecular complexity index is 960. The molecule has 0 unspecified atom stereocenters. The number of thiophene rings is 1.